The van der Waals surface area contributed by atoms with E-state index in [2.05, 4.69) is 15.4 Å². The van der Waals surface area contributed by atoms with Gasteiger partial charge in [-0.15, -0.1) is 0 Å². The molecule has 0 bridgehead atoms. The summed E-state index contributed by atoms with van der Waals surface area (Å²) in [5, 5.41) is 5.55. The zero-order valence-electron chi connectivity index (χ0n) is 19.3. The monoisotopic (exact) mass is 515 g/mol. The number of hydrogen-bond donors (Lipinski definition) is 3. The van der Waals surface area contributed by atoms with Crippen molar-refractivity contribution in [1.82, 2.24) is 5.32 Å². The van der Waals surface area contributed by atoms with Crippen LogP contribution >= 0.6 is 11.6 Å². The third-order valence-electron chi connectivity index (χ3n) is 5.04. The molecular formula is C25H26ClN3O5S. The van der Waals surface area contributed by atoms with Gasteiger partial charge in [0, 0.05) is 25.8 Å². The number of nitrogens with one attached hydrogen (secondary N) is 3. The molecule has 184 valence electrons. The zero-order valence-corrected chi connectivity index (χ0v) is 20.9. The minimum Gasteiger partial charge on any atom is -0.385 e. The molecule has 0 radical (unpaired) electrons. The molecule has 0 fully saturated rings. The Bertz CT molecular complexity index is 1310. The molecule has 0 aromatic heterocycles. The highest BCUT2D eigenvalue weighted by molar-refractivity contribution is 7.92. The second-order valence-electron chi connectivity index (χ2n) is 7.72. The average Bonchev–Trinajstić information content (AvgIpc) is 2.83. The van der Waals surface area contributed by atoms with Crippen molar-refractivity contribution in [2.24, 2.45) is 0 Å². The Morgan fingerprint density at radius 1 is 0.943 bits per heavy atom. The van der Waals surface area contributed by atoms with Crippen LogP contribution in [0.3, 0.4) is 0 Å². The lowest BCUT2D eigenvalue weighted by Crippen LogP contribution is -2.26. The van der Waals surface area contributed by atoms with E-state index in [1.165, 1.54) is 30.3 Å². The number of hydrogen-bond acceptors (Lipinski definition) is 5. The minimum atomic E-state index is -3.85. The molecule has 8 nitrogen and oxygen atoms in total. The molecule has 2 amide bonds. The predicted molar refractivity (Wildman–Crippen MR) is 137 cm³/mol. The van der Waals surface area contributed by atoms with Crippen LogP contribution in [0.15, 0.2) is 71.6 Å². The number of ether oxygens (including phenoxy) is 1. The summed E-state index contributed by atoms with van der Waals surface area (Å²) in [6.07, 6.45) is 0.662. The SMILES string of the molecule is COCCCNC(=O)c1ccccc1NC(=O)c1ccc(NS(=O)(=O)c2ccc(C)cc2)c(Cl)c1. The number of amides is 2. The highest BCUT2D eigenvalue weighted by Gasteiger charge is 2.18. The van der Waals surface area contributed by atoms with Gasteiger partial charge < -0.3 is 15.4 Å². The first kappa shape index (κ1) is 26.2. The van der Waals surface area contributed by atoms with Gasteiger partial charge in [0.05, 0.1) is 26.9 Å². The lowest BCUT2D eigenvalue weighted by atomic mass is 10.1. The molecule has 35 heavy (non-hydrogen) atoms. The lowest BCUT2D eigenvalue weighted by molar-refractivity contribution is 0.0949. The van der Waals surface area contributed by atoms with Crippen LogP contribution in [-0.2, 0) is 14.8 Å². The molecule has 0 saturated heterocycles. The molecule has 0 spiro atoms. The van der Waals surface area contributed by atoms with Gasteiger partial charge in [0.1, 0.15) is 0 Å². The Labute approximate surface area is 209 Å². The lowest BCUT2D eigenvalue weighted by Gasteiger charge is -2.13. The zero-order chi connectivity index (χ0) is 25.4. The van der Waals surface area contributed by atoms with Gasteiger partial charge in [0.15, 0.2) is 0 Å². The fourth-order valence-electron chi connectivity index (χ4n) is 3.16. The maximum Gasteiger partial charge on any atom is 0.261 e. The normalized spacial score (nSPS) is 11.1. The first-order valence-corrected chi connectivity index (χ1v) is 12.6. The maximum atomic E-state index is 12.8. The van der Waals surface area contributed by atoms with Crippen LogP contribution in [0.25, 0.3) is 0 Å². The number of carbonyl (C=O) groups is 2. The molecule has 3 rings (SSSR count). The second kappa shape index (κ2) is 11.8. The summed E-state index contributed by atoms with van der Waals surface area (Å²) in [6, 6.07) is 17.2. The molecular weight excluding hydrogens is 490 g/mol. The molecule has 3 aromatic rings. The Kier molecular flexibility index (Phi) is 8.86. The van der Waals surface area contributed by atoms with Gasteiger partial charge in [-0.2, -0.15) is 0 Å². The number of aryl methyl sites for hydroxylation is 1. The standard InChI is InChI=1S/C25H26ClN3O5S/c1-17-8-11-19(12-9-17)35(32,33)29-23-13-10-18(16-21(23)26)24(30)28-22-7-4-3-6-20(22)25(31)27-14-5-15-34-2/h3-4,6-13,16,29H,5,14-15H2,1-2H3,(H,27,31)(H,28,30). The third kappa shape index (κ3) is 7.05. The maximum absolute atomic E-state index is 12.8. The number of methoxy groups -OCH3 is 1. The van der Waals surface area contributed by atoms with Crippen LogP contribution in [0.2, 0.25) is 5.02 Å². The summed E-state index contributed by atoms with van der Waals surface area (Å²) in [5.74, 6) is -0.824. The molecule has 0 saturated carbocycles. The summed E-state index contributed by atoms with van der Waals surface area (Å²) < 4.78 is 32.7. The fraction of sp³-hybridized carbons (Fsp3) is 0.200. The van der Waals surface area contributed by atoms with Gasteiger partial charge in [-0.25, -0.2) is 8.42 Å². The van der Waals surface area contributed by atoms with Crippen molar-refractivity contribution < 1.29 is 22.7 Å². The average molecular weight is 516 g/mol. The predicted octanol–water partition coefficient (Wildman–Crippen LogP) is 4.47. The van der Waals surface area contributed by atoms with Crippen molar-refractivity contribution >= 4 is 44.8 Å². The highest BCUT2D eigenvalue weighted by atomic mass is 35.5. The van der Waals surface area contributed by atoms with Crippen molar-refractivity contribution in [2.45, 2.75) is 18.2 Å². The molecule has 3 N–H and O–H groups in total. The van der Waals surface area contributed by atoms with Crippen molar-refractivity contribution in [3.8, 4) is 0 Å². The number of para-hydroxylation sites is 1. The Morgan fingerprint density at radius 3 is 2.34 bits per heavy atom. The molecule has 0 unspecified atom stereocenters. The van der Waals surface area contributed by atoms with Gasteiger partial charge in [0.2, 0.25) is 0 Å². The van der Waals surface area contributed by atoms with Crippen molar-refractivity contribution in [2.75, 3.05) is 30.3 Å². The van der Waals surface area contributed by atoms with Gasteiger partial charge >= 0.3 is 0 Å². The third-order valence-corrected chi connectivity index (χ3v) is 6.73. The summed E-state index contributed by atoms with van der Waals surface area (Å²) in [7, 11) is -2.26. The molecule has 10 heteroatoms. The van der Waals surface area contributed by atoms with E-state index in [9.17, 15) is 18.0 Å². The van der Waals surface area contributed by atoms with Gasteiger partial charge in [-0.05, 0) is 55.8 Å². The van der Waals surface area contributed by atoms with Crippen molar-refractivity contribution in [1.29, 1.82) is 0 Å². The number of anilines is 2. The van der Waals surface area contributed by atoms with E-state index in [4.69, 9.17) is 16.3 Å². The Morgan fingerprint density at radius 2 is 1.66 bits per heavy atom. The number of halogens is 1. The van der Waals surface area contributed by atoms with Gasteiger partial charge in [0.25, 0.3) is 21.8 Å². The molecule has 0 atom stereocenters. The molecule has 0 aliphatic rings. The van der Waals surface area contributed by atoms with E-state index < -0.39 is 15.9 Å². The molecule has 3 aromatic carbocycles. The summed E-state index contributed by atoms with van der Waals surface area (Å²) >= 11 is 6.28. The quantitative estimate of drug-likeness (QED) is 0.345. The molecule has 0 aliphatic heterocycles. The topological polar surface area (TPSA) is 114 Å². The molecule has 0 heterocycles. The van der Waals surface area contributed by atoms with Crippen LogP contribution in [0.5, 0.6) is 0 Å². The Hall–Kier alpha value is -3.40. The van der Waals surface area contributed by atoms with Crippen LogP contribution in [0.1, 0.15) is 32.7 Å². The highest BCUT2D eigenvalue weighted by Crippen LogP contribution is 2.27. The van der Waals surface area contributed by atoms with E-state index in [0.717, 1.165) is 5.56 Å². The number of benzene rings is 3. The van der Waals surface area contributed by atoms with Gasteiger partial charge in [-0.3, -0.25) is 14.3 Å². The van der Waals surface area contributed by atoms with E-state index in [-0.39, 0.29) is 27.1 Å². The van der Waals surface area contributed by atoms with Crippen LogP contribution < -0.4 is 15.4 Å². The molecule has 0 aliphatic carbocycles. The largest absolute Gasteiger partial charge is 0.385 e. The first-order valence-electron chi connectivity index (χ1n) is 10.8. The summed E-state index contributed by atoms with van der Waals surface area (Å²) in [6.45, 7) is 2.82. The van der Waals surface area contributed by atoms with E-state index in [1.54, 1.807) is 43.5 Å². The smallest absolute Gasteiger partial charge is 0.261 e. The van der Waals surface area contributed by atoms with Gasteiger partial charge in [-0.1, -0.05) is 41.4 Å². The number of sulfonamides is 1. The van der Waals surface area contributed by atoms with E-state index >= 15 is 0 Å². The number of rotatable bonds is 10. The van der Waals surface area contributed by atoms with E-state index in [0.29, 0.717) is 30.8 Å². The second-order valence-corrected chi connectivity index (χ2v) is 9.80. The van der Waals surface area contributed by atoms with E-state index in [1.807, 2.05) is 6.92 Å². The van der Waals surface area contributed by atoms with Crippen molar-refractivity contribution in [3.05, 3.63) is 88.4 Å². The summed E-state index contributed by atoms with van der Waals surface area (Å²) in [5.41, 5.74) is 1.92. The fourth-order valence-corrected chi connectivity index (χ4v) is 4.52. The van der Waals surface area contributed by atoms with Crippen LogP contribution in [-0.4, -0.2) is 40.5 Å². The van der Waals surface area contributed by atoms with Crippen LogP contribution in [0.4, 0.5) is 11.4 Å². The van der Waals surface area contributed by atoms with Crippen molar-refractivity contribution in [3.63, 3.8) is 0 Å². The minimum absolute atomic E-state index is 0.0532. The van der Waals surface area contributed by atoms with Crippen LogP contribution in [0, 0.1) is 6.92 Å². The Balaban J connectivity index is 1.72. The number of carbonyl (C=O) groups excluding carboxylic acids is 2. The summed E-state index contributed by atoms with van der Waals surface area (Å²) in [4.78, 5) is 25.5. The first-order chi connectivity index (χ1) is 16.7.